The number of sulfonamides is 1. The molecule has 1 heterocycles. The average molecular weight is 365 g/mol. The van der Waals surface area contributed by atoms with Crippen molar-refractivity contribution in [3.8, 4) is 0 Å². The van der Waals surface area contributed by atoms with Crippen LogP contribution >= 0.6 is 0 Å². The highest BCUT2D eigenvalue weighted by atomic mass is 32.2. The van der Waals surface area contributed by atoms with Crippen molar-refractivity contribution in [2.75, 3.05) is 11.4 Å². The third-order valence-corrected chi connectivity index (χ3v) is 6.42. The Kier molecular flexibility index (Phi) is 5.06. The van der Waals surface area contributed by atoms with Gasteiger partial charge in [-0.3, -0.25) is 4.79 Å². The van der Waals surface area contributed by atoms with Gasteiger partial charge in [0.1, 0.15) is 0 Å². The van der Waals surface area contributed by atoms with Gasteiger partial charge < -0.3 is 10.2 Å². The summed E-state index contributed by atoms with van der Waals surface area (Å²) in [5.41, 5.74) is 1.85. The normalized spacial score (nSPS) is 26.4. The van der Waals surface area contributed by atoms with Crippen LogP contribution in [0.25, 0.3) is 0 Å². The second kappa shape index (κ2) is 6.96. The molecule has 3 rings (SSSR count). The van der Waals surface area contributed by atoms with Gasteiger partial charge >= 0.3 is 0 Å². The maximum absolute atomic E-state index is 12.5. The Hall–Kier alpha value is -1.60. The van der Waals surface area contributed by atoms with Gasteiger partial charge in [-0.05, 0) is 55.9 Å². The van der Waals surface area contributed by atoms with Crippen LogP contribution < -0.4 is 15.4 Å². The van der Waals surface area contributed by atoms with Crippen LogP contribution in [0.4, 0.5) is 5.69 Å². The summed E-state index contributed by atoms with van der Waals surface area (Å²) >= 11 is 0. The summed E-state index contributed by atoms with van der Waals surface area (Å²) in [6, 6.07) is 5.32. The fourth-order valence-corrected chi connectivity index (χ4v) is 4.59. The van der Waals surface area contributed by atoms with E-state index >= 15 is 0 Å². The molecule has 1 saturated carbocycles. The monoisotopic (exact) mass is 365 g/mol. The lowest BCUT2D eigenvalue weighted by molar-refractivity contribution is -0.121. The van der Waals surface area contributed by atoms with E-state index in [1.54, 1.807) is 12.1 Å². The van der Waals surface area contributed by atoms with Gasteiger partial charge in [-0.1, -0.05) is 19.8 Å². The number of nitrogens with one attached hydrogen (secondary N) is 1. The van der Waals surface area contributed by atoms with E-state index in [4.69, 9.17) is 5.14 Å². The third kappa shape index (κ3) is 3.98. The van der Waals surface area contributed by atoms with Crippen molar-refractivity contribution in [2.24, 2.45) is 11.1 Å². The van der Waals surface area contributed by atoms with Gasteiger partial charge in [-0.25, -0.2) is 13.6 Å². The van der Waals surface area contributed by atoms with E-state index in [2.05, 4.69) is 12.2 Å². The molecule has 1 aromatic rings. The predicted octanol–water partition coefficient (Wildman–Crippen LogP) is 1.78. The minimum atomic E-state index is -3.71. The van der Waals surface area contributed by atoms with Gasteiger partial charge in [0.15, 0.2) is 0 Å². The fourth-order valence-electron chi connectivity index (χ4n) is 4.03. The van der Waals surface area contributed by atoms with Gasteiger partial charge in [0, 0.05) is 17.8 Å². The standard InChI is InChI=1S/C18H27N3O3S/c1-12-5-3-4-6-16(12)20-18(22)11-21-13(2)9-14-10-15(25(19,23)24)7-8-17(14)21/h7-8,10,12-13,16H,3-6,9,11H2,1-2H3,(H,20,22)(H2,19,23,24)/t12-,13-,16+/m1/s1. The molecule has 1 aromatic carbocycles. The molecule has 1 aliphatic heterocycles. The molecule has 0 saturated heterocycles. The number of hydrogen-bond donors (Lipinski definition) is 2. The van der Waals surface area contributed by atoms with Gasteiger partial charge in [0.25, 0.3) is 0 Å². The molecule has 1 aliphatic carbocycles. The maximum atomic E-state index is 12.5. The molecule has 3 N–H and O–H groups in total. The first-order chi connectivity index (χ1) is 11.8. The molecule has 25 heavy (non-hydrogen) atoms. The second-order valence-corrected chi connectivity index (χ2v) is 9.01. The molecular weight excluding hydrogens is 338 g/mol. The molecule has 0 radical (unpaired) electrons. The van der Waals surface area contributed by atoms with E-state index in [9.17, 15) is 13.2 Å². The SMILES string of the molecule is C[C@@H]1CCCC[C@@H]1NC(=O)CN1c2ccc(S(N)(=O)=O)cc2C[C@H]1C. The minimum Gasteiger partial charge on any atom is -0.359 e. The lowest BCUT2D eigenvalue weighted by Gasteiger charge is -2.31. The molecule has 2 aliphatic rings. The smallest absolute Gasteiger partial charge is 0.239 e. The number of carbonyl (C=O) groups is 1. The van der Waals surface area contributed by atoms with E-state index < -0.39 is 10.0 Å². The number of carbonyl (C=O) groups excluding carboxylic acids is 1. The van der Waals surface area contributed by atoms with E-state index in [1.165, 1.54) is 25.3 Å². The van der Waals surface area contributed by atoms with Crippen molar-refractivity contribution < 1.29 is 13.2 Å². The summed E-state index contributed by atoms with van der Waals surface area (Å²) in [5.74, 6) is 0.562. The van der Waals surface area contributed by atoms with Crippen molar-refractivity contribution in [1.29, 1.82) is 0 Å². The van der Waals surface area contributed by atoms with Crippen LogP contribution in [0.3, 0.4) is 0 Å². The number of nitrogens with two attached hydrogens (primary N) is 1. The molecule has 1 fully saturated rings. The molecule has 7 heteroatoms. The molecule has 3 atom stereocenters. The van der Waals surface area contributed by atoms with Crippen molar-refractivity contribution >= 4 is 21.6 Å². The number of rotatable bonds is 4. The number of amides is 1. The van der Waals surface area contributed by atoms with Crippen molar-refractivity contribution in [2.45, 2.75) is 62.9 Å². The van der Waals surface area contributed by atoms with Crippen LogP contribution in [-0.2, 0) is 21.2 Å². The van der Waals surface area contributed by atoms with Crippen LogP contribution in [0.15, 0.2) is 23.1 Å². The van der Waals surface area contributed by atoms with E-state index in [0.717, 1.165) is 17.7 Å². The Morgan fingerprint density at radius 1 is 1.28 bits per heavy atom. The molecule has 1 amide bonds. The molecule has 0 aromatic heterocycles. The first-order valence-corrected chi connectivity index (χ1v) is 10.5. The van der Waals surface area contributed by atoms with E-state index in [0.29, 0.717) is 18.9 Å². The fraction of sp³-hybridized carbons (Fsp3) is 0.611. The van der Waals surface area contributed by atoms with Crippen molar-refractivity contribution in [3.05, 3.63) is 23.8 Å². The van der Waals surface area contributed by atoms with Crippen LogP contribution in [0.2, 0.25) is 0 Å². The first kappa shape index (κ1) is 18.2. The number of anilines is 1. The highest BCUT2D eigenvalue weighted by Crippen LogP contribution is 2.33. The molecular formula is C18H27N3O3S. The summed E-state index contributed by atoms with van der Waals surface area (Å²) in [5, 5.41) is 8.40. The van der Waals surface area contributed by atoms with Crippen LogP contribution in [0, 0.1) is 5.92 Å². The predicted molar refractivity (Wildman–Crippen MR) is 97.9 cm³/mol. The first-order valence-electron chi connectivity index (χ1n) is 8.97. The van der Waals surface area contributed by atoms with Crippen molar-refractivity contribution in [1.82, 2.24) is 5.32 Å². The second-order valence-electron chi connectivity index (χ2n) is 7.45. The lowest BCUT2D eigenvalue weighted by atomic mass is 9.86. The van der Waals surface area contributed by atoms with E-state index in [1.807, 2.05) is 11.8 Å². The topological polar surface area (TPSA) is 92.5 Å². The summed E-state index contributed by atoms with van der Waals surface area (Å²) in [6.07, 6.45) is 5.36. The number of hydrogen-bond acceptors (Lipinski definition) is 4. The lowest BCUT2D eigenvalue weighted by Crippen LogP contribution is -2.46. The number of benzene rings is 1. The zero-order valence-corrected chi connectivity index (χ0v) is 15.7. The Balaban J connectivity index is 1.71. The Morgan fingerprint density at radius 2 is 2.00 bits per heavy atom. The largest absolute Gasteiger partial charge is 0.359 e. The molecule has 0 unspecified atom stereocenters. The number of fused-ring (bicyclic) bond motifs is 1. The zero-order valence-electron chi connectivity index (χ0n) is 14.9. The van der Waals surface area contributed by atoms with Crippen LogP contribution in [-0.4, -0.2) is 33.0 Å². The quantitative estimate of drug-likeness (QED) is 0.851. The molecule has 0 bridgehead atoms. The minimum absolute atomic E-state index is 0.0361. The van der Waals surface area contributed by atoms with Crippen LogP contribution in [0.1, 0.15) is 45.1 Å². The number of primary sulfonamides is 1. The molecule has 138 valence electrons. The Morgan fingerprint density at radius 3 is 2.68 bits per heavy atom. The molecule has 6 nitrogen and oxygen atoms in total. The summed E-state index contributed by atoms with van der Waals surface area (Å²) in [6.45, 7) is 4.55. The Bertz CT molecular complexity index is 763. The maximum Gasteiger partial charge on any atom is 0.239 e. The highest BCUT2D eigenvalue weighted by molar-refractivity contribution is 7.89. The summed E-state index contributed by atoms with van der Waals surface area (Å²) in [7, 11) is -3.71. The van der Waals surface area contributed by atoms with Crippen molar-refractivity contribution in [3.63, 3.8) is 0 Å². The number of nitrogens with zero attached hydrogens (tertiary/aromatic N) is 1. The Labute approximate surface area is 149 Å². The van der Waals surface area contributed by atoms with Gasteiger partial charge in [-0.2, -0.15) is 0 Å². The highest BCUT2D eigenvalue weighted by Gasteiger charge is 2.30. The van der Waals surface area contributed by atoms with Gasteiger partial charge in [0.2, 0.25) is 15.9 Å². The summed E-state index contributed by atoms with van der Waals surface area (Å²) < 4.78 is 23.1. The summed E-state index contributed by atoms with van der Waals surface area (Å²) in [4.78, 5) is 14.7. The zero-order chi connectivity index (χ0) is 18.2. The third-order valence-electron chi connectivity index (χ3n) is 5.51. The average Bonchev–Trinajstić information content (AvgIpc) is 2.84. The van der Waals surface area contributed by atoms with Gasteiger partial charge in [0.05, 0.1) is 11.4 Å². The molecule has 0 spiro atoms. The van der Waals surface area contributed by atoms with E-state index in [-0.39, 0.29) is 22.9 Å². The van der Waals surface area contributed by atoms with Crippen LogP contribution in [0.5, 0.6) is 0 Å². The van der Waals surface area contributed by atoms with Gasteiger partial charge in [-0.15, -0.1) is 0 Å².